The molecule has 1 aliphatic carbocycles. The molecule has 1 aliphatic heterocycles. The highest BCUT2D eigenvalue weighted by Crippen LogP contribution is 2.36. The molecule has 200 valence electrons. The number of carbonyl (C=O) groups excluding carboxylic acids is 2. The number of nitrogens with zero attached hydrogens (tertiary/aromatic N) is 5. The van der Waals surface area contributed by atoms with Crippen molar-refractivity contribution in [2.75, 3.05) is 19.6 Å². The van der Waals surface area contributed by atoms with Gasteiger partial charge in [0.05, 0.1) is 23.3 Å². The predicted molar refractivity (Wildman–Crippen MR) is 143 cm³/mol. The van der Waals surface area contributed by atoms with E-state index in [2.05, 4.69) is 13.8 Å². The minimum Gasteiger partial charge on any atom is -0.481 e. The van der Waals surface area contributed by atoms with Crippen LogP contribution < -0.4 is 0 Å². The van der Waals surface area contributed by atoms with E-state index in [0.717, 1.165) is 16.8 Å². The average Bonchev–Trinajstić information content (AvgIpc) is 3.25. The number of hydrogen-bond acceptors (Lipinski definition) is 5. The zero-order valence-electron chi connectivity index (χ0n) is 22.0. The van der Waals surface area contributed by atoms with Gasteiger partial charge in [0, 0.05) is 41.7 Å². The monoisotopic (exact) mass is 537 g/mol. The maximum Gasteiger partial charge on any atom is 0.306 e. The number of carbonyl (C=O) groups is 3. The van der Waals surface area contributed by atoms with Gasteiger partial charge in [-0.25, -0.2) is 9.50 Å². The molecule has 1 saturated heterocycles. The number of carboxylic acids is 1. The van der Waals surface area contributed by atoms with Crippen LogP contribution in [-0.2, 0) is 9.59 Å². The molecular formula is C28H32ClN5O4. The Hall–Kier alpha value is -3.46. The molecule has 3 aromatic rings. The zero-order valence-corrected chi connectivity index (χ0v) is 22.8. The Morgan fingerprint density at radius 2 is 1.76 bits per heavy atom. The third kappa shape index (κ3) is 4.75. The van der Waals surface area contributed by atoms with Crippen LogP contribution in [0.3, 0.4) is 0 Å². The van der Waals surface area contributed by atoms with Gasteiger partial charge in [-0.1, -0.05) is 37.6 Å². The SMILES string of the molecule is CC(C)c1cc(-c2ccc(Cl)cc2)nn2cc(C(=O)N3CCN(C(=O)[C@H]4C[C@@H](C(=O)O)C4)CC3(C)C)nc12. The second-order valence-electron chi connectivity index (χ2n) is 11.3. The zero-order chi connectivity index (χ0) is 27.4. The molecule has 2 fully saturated rings. The van der Waals surface area contributed by atoms with Crippen LogP contribution in [0.2, 0.25) is 5.02 Å². The highest BCUT2D eigenvalue weighted by Gasteiger charge is 2.45. The summed E-state index contributed by atoms with van der Waals surface area (Å²) in [5.74, 6) is -1.58. The van der Waals surface area contributed by atoms with Gasteiger partial charge in [0.15, 0.2) is 5.65 Å². The number of fused-ring (bicyclic) bond motifs is 1. The first-order valence-electron chi connectivity index (χ1n) is 12.9. The Labute approximate surface area is 226 Å². The number of benzene rings is 1. The van der Waals surface area contributed by atoms with E-state index >= 15 is 0 Å². The molecule has 38 heavy (non-hydrogen) atoms. The van der Waals surface area contributed by atoms with Crippen molar-refractivity contribution in [1.82, 2.24) is 24.4 Å². The number of carboxylic acid groups (broad SMARTS) is 1. The van der Waals surface area contributed by atoms with Crippen LogP contribution in [0.15, 0.2) is 36.5 Å². The lowest BCUT2D eigenvalue weighted by Crippen LogP contribution is -2.63. The van der Waals surface area contributed by atoms with Crippen LogP contribution in [0.25, 0.3) is 16.9 Å². The van der Waals surface area contributed by atoms with E-state index < -0.39 is 17.4 Å². The summed E-state index contributed by atoms with van der Waals surface area (Å²) in [4.78, 5) is 46.0. The molecule has 0 unspecified atom stereocenters. The molecule has 1 aromatic carbocycles. The van der Waals surface area contributed by atoms with E-state index in [9.17, 15) is 14.4 Å². The summed E-state index contributed by atoms with van der Waals surface area (Å²) < 4.78 is 1.68. The van der Waals surface area contributed by atoms with Gasteiger partial charge in [-0.2, -0.15) is 5.10 Å². The van der Waals surface area contributed by atoms with Crippen LogP contribution in [0, 0.1) is 11.8 Å². The Bertz CT molecular complexity index is 1410. The first-order chi connectivity index (χ1) is 17.9. The van der Waals surface area contributed by atoms with E-state index in [-0.39, 0.29) is 23.7 Å². The average molecular weight is 538 g/mol. The minimum atomic E-state index is -0.840. The number of imidazole rings is 1. The molecule has 2 aromatic heterocycles. The van der Waals surface area contributed by atoms with E-state index in [4.69, 9.17) is 26.8 Å². The molecule has 0 radical (unpaired) electrons. The number of amides is 2. The maximum atomic E-state index is 13.7. The second-order valence-corrected chi connectivity index (χ2v) is 11.7. The fraction of sp³-hybridized carbons (Fsp3) is 0.464. The fourth-order valence-corrected chi connectivity index (χ4v) is 5.55. The summed E-state index contributed by atoms with van der Waals surface area (Å²) >= 11 is 6.06. The fourth-order valence-electron chi connectivity index (χ4n) is 5.43. The lowest BCUT2D eigenvalue weighted by molar-refractivity contribution is -0.153. The topological polar surface area (TPSA) is 108 Å². The molecule has 1 N–H and O–H groups in total. The van der Waals surface area contributed by atoms with Gasteiger partial charge in [0.1, 0.15) is 5.69 Å². The number of rotatable bonds is 5. The number of hydrogen-bond donors (Lipinski definition) is 1. The molecule has 2 amide bonds. The molecule has 0 bridgehead atoms. The van der Waals surface area contributed by atoms with Crippen LogP contribution >= 0.6 is 11.6 Å². The molecule has 10 heteroatoms. The van der Waals surface area contributed by atoms with Crippen molar-refractivity contribution in [2.45, 2.75) is 52.0 Å². The number of aromatic nitrogens is 3. The highest BCUT2D eigenvalue weighted by molar-refractivity contribution is 6.30. The maximum absolute atomic E-state index is 13.7. The normalized spacial score (nSPS) is 21.0. The van der Waals surface area contributed by atoms with Crippen molar-refractivity contribution in [2.24, 2.45) is 11.8 Å². The summed E-state index contributed by atoms with van der Waals surface area (Å²) in [5, 5.41) is 14.5. The quantitative estimate of drug-likeness (QED) is 0.518. The third-order valence-electron chi connectivity index (χ3n) is 7.73. The lowest BCUT2D eigenvalue weighted by Gasteiger charge is -2.48. The van der Waals surface area contributed by atoms with Crippen LogP contribution in [0.5, 0.6) is 0 Å². The number of piperazine rings is 1. The van der Waals surface area contributed by atoms with Crippen molar-refractivity contribution in [1.29, 1.82) is 0 Å². The molecule has 5 rings (SSSR count). The molecule has 2 aliphatic rings. The molecule has 0 spiro atoms. The van der Waals surface area contributed by atoms with Gasteiger partial charge in [-0.15, -0.1) is 0 Å². The van der Waals surface area contributed by atoms with E-state index in [0.29, 0.717) is 48.8 Å². The molecule has 9 nitrogen and oxygen atoms in total. The minimum absolute atomic E-state index is 0.0177. The first-order valence-corrected chi connectivity index (χ1v) is 13.3. The van der Waals surface area contributed by atoms with Crippen molar-refractivity contribution >= 4 is 35.0 Å². The van der Waals surface area contributed by atoms with Crippen LogP contribution in [0.4, 0.5) is 0 Å². The van der Waals surface area contributed by atoms with Crippen molar-refractivity contribution < 1.29 is 19.5 Å². The molecule has 0 atom stereocenters. The Kier molecular flexibility index (Phi) is 6.67. The number of halogens is 1. The van der Waals surface area contributed by atoms with Crippen LogP contribution in [0.1, 0.15) is 62.5 Å². The number of aliphatic carboxylic acids is 1. The van der Waals surface area contributed by atoms with Gasteiger partial charge in [0.2, 0.25) is 5.91 Å². The summed E-state index contributed by atoms with van der Waals surface area (Å²) in [7, 11) is 0. The van der Waals surface area contributed by atoms with Crippen molar-refractivity contribution in [3.63, 3.8) is 0 Å². The Morgan fingerprint density at radius 3 is 2.37 bits per heavy atom. The summed E-state index contributed by atoms with van der Waals surface area (Å²) in [6.45, 7) is 9.21. The third-order valence-corrected chi connectivity index (χ3v) is 7.98. The second kappa shape index (κ2) is 9.69. The van der Waals surface area contributed by atoms with Gasteiger partial charge in [0.25, 0.3) is 5.91 Å². The summed E-state index contributed by atoms with van der Waals surface area (Å²) in [6, 6.07) is 9.48. The molecule has 3 heterocycles. The van der Waals surface area contributed by atoms with Gasteiger partial charge in [-0.3, -0.25) is 14.4 Å². The molecular weight excluding hydrogens is 506 g/mol. The van der Waals surface area contributed by atoms with Gasteiger partial charge < -0.3 is 14.9 Å². The van der Waals surface area contributed by atoms with Gasteiger partial charge >= 0.3 is 5.97 Å². The first kappa shape index (κ1) is 26.2. The lowest BCUT2D eigenvalue weighted by atomic mass is 9.74. The smallest absolute Gasteiger partial charge is 0.306 e. The van der Waals surface area contributed by atoms with E-state index in [1.807, 2.05) is 44.2 Å². The summed E-state index contributed by atoms with van der Waals surface area (Å²) in [6.07, 6.45) is 2.45. The largest absolute Gasteiger partial charge is 0.481 e. The summed E-state index contributed by atoms with van der Waals surface area (Å²) in [5.41, 5.74) is 3.01. The Morgan fingerprint density at radius 1 is 1.08 bits per heavy atom. The highest BCUT2D eigenvalue weighted by atomic mass is 35.5. The van der Waals surface area contributed by atoms with E-state index in [1.165, 1.54) is 0 Å². The Balaban J connectivity index is 1.37. The van der Waals surface area contributed by atoms with Crippen molar-refractivity contribution in [3.8, 4) is 11.3 Å². The van der Waals surface area contributed by atoms with Gasteiger partial charge in [-0.05, 0) is 50.8 Å². The van der Waals surface area contributed by atoms with E-state index in [1.54, 1.807) is 20.5 Å². The van der Waals surface area contributed by atoms with Crippen molar-refractivity contribution in [3.05, 3.63) is 52.8 Å². The predicted octanol–water partition coefficient (Wildman–Crippen LogP) is 4.35. The van der Waals surface area contributed by atoms with Crippen LogP contribution in [-0.4, -0.2) is 72.5 Å². The molecule has 1 saturated carbocycles. The standard InChI is InChI=1S/C28H32ClN5O4/c1-16(2)21-13-22(17-5-7-20(29)8-6-17)31-34-14-23(30-24(21)34)26(36)33-10-9-32(15-28(33,3)4)25(35)18-11-19(12-18)27(37)38/h5-8,13-14,16,18-19H,9-12,15H2,1-4H3,(H,37,38)/t18-,19+.